The number of phosphoric acid groups is 1. The molecule has 0 aliphatic heterocycles. The van der Waals surface area contributed by atoms with Gasteiger partial charge in [0.15, 0.2) is 6.10 Å². The highest BCUT2D eigenvalue weighted by Gasteiger charge is 2.28. The zero-order valence-corrected chi connectivity index (χ0v) is 35.4. The summed E-state index contributed by atoms with van der Waals surface area (Å²) < 4.78 is 32.5. The lowest BCUT2D eigenvalue weighted by atomic mass is 10.1. The first-order valence-corrected chi connectivity index (χ1v) is 22.2. The van der Waals surface area contributed by atoms with Crippen molar-refractivity contribution in [3.8, 4) is 0 Å². The summed E-state index contributed by atoms with van der Waals surface area (Å²) in [6, 6.07) is -1.54. The smallest absolute Gasteiger partial charge is 0.472 e. The van der Waals surface area contributed by atoms with Gasteiger partial charge >= 0.3 is 25.7 Å². The van der Waals surface area contributed by atoms with Gasteiger partial charge < -0.3 is 30.3 Å². The fraction of sp³-hybridized carbons (Fsp3) is 0.614. The summed E-state index contributed by atoms with van der Waals surface area (Å²) >= 11 is 0. The summed E-state index contributed by atoms with van der Waals surface area (Å²) in [5, 5.41) is 18.7. The van der Waals surface area contributed by atoms with Gasteiger partial charge in [-0.3, -0.25) is 23.4 Å². The predicted molar refractivity (Wildman–Crippen MR) is 227 cm³/mol. The summed E-state index contributed by atoms with van der Waals surface area (Å²) in [5.74, 6) is -2.54. The lowest BCUT2D eigenvalue weighted by Crippen LogP contribution is -2.34. The van der Waals surface area contributed by atoms with E-state index in [1.807, 2.05) is 48.6 Å². The van der Waals surface area contributed by atoms with Crippen molar-refractivity contribution in [2.45, 2.75) is 154 Å². The Morgan fingerprint density at radius 3 is 1.88 bits per heavy atom. The standard InChI is InChI=1S/C44H72NO11P/c1-3-5-7-8-9-10-11-13-18-21-24-27-31-35-43(48)56-40(37-54-57(51,52)55-38-41(45)44(49)50)36-53-42(47)34-30-26-23-20-17-15-12-14-16-19-22-25-29-33-39(46)32-28-6-4-2/h6,10-11,14-17,22-23,25-26,28-29,33,39-41,46H,3-5,7-9,12-13,18-21,24,27,30-32,34-38,45H2,1-2H3,(H,49,50)(H,51,52)/b11-10-,16-14-,17-15-,25-22+,26-23-,28-6-,33-29+/t39?,40-,41+/m1/s1. The molecule has 0 fully saturated rings. The van der Waals surface area contributed by atoms with Gasteiger partial charge in [0.05, 0.1) is 19.3 Å². The Morgan fingerprint density at radius 2 is 1.23 bits per heavy atom. The molecular weight excluding hydrogens is 749 g/mol. The average Bonchev–Trinajstić information content (AvgIpc) is 3.18. The molecule has 0 rings (SSSR count). The highest BCUT2D eigenvalue weighted by Crippen LogP contribution is 2.43. The van der Waals surface area contributed by atoms with Crippen LogP contribution in [-0.2, 0) is 37.5 Å². The molecule has 0 aromatic carbocycles. The molecule has 0 saturated heterocycles. The van der Waals surface area contributed by atoms with Crippen LogP contribution in [0.15, 0.2) is 85.1 Å². The normalized spacial score (nSPS) is 15.2. The van der Waals surface area contributed by atoms with Crippen LogP contribution in [0.1, 0.15) is 136 Å². The quantitative estimate of drug-likeness (QED) is 0.0153. The SMILES string of the molecule is CC/C=C\CC(O)/C=C/C=C/C/C=C\C/C=C\C/C=C\CCC(=O)OC[C@H](COP(=O)(O)OC[C@H](N)C(=O)O)OC(=O)CCCCCCC/C=C\CCCCCC. The third kappa shape index (κ3) is 37.9. The average molecular weight is 822 g/mol. The first-order chi connectivity index (χ1) is 27.5. The lowest BCUT2D eigenvalue weighted by Gasteiger charge is -2.20. The summed E-state index contributed by atoms with van der Waals surface area (Å²) in [7, 11) is -4.75. The van der Waals surface area contributed by atoms with Crippen LogP contribution >= 0.6 is 7.82 Å². The molecule has 324 valence electrons. The minimum atomic E-state index is -4.75. The number of ether oxygens (including phenoxy) is 2. The number of hydrogen-bond acceptors (Lipinski definition) is 10. The molecule has 12 nitrogen and oxygen atoms in total. The topological polar surface area (TPSA) is 192 Å². The van der Waals surface area contributed by atoms with Gasteiger partial charge in [0.25, 0.3) is 0 Å². The molecule has 0 aromatic heterocycles. The molecule has 5 N–H and O–H groups in total. The van der Waals surface area contributed by atoms with E-state index >= 15 is 0 Å². The zero-order chi connectivity index (χ0) is 42.2. The first kappa shape index (κ1) is 53.6. The van der Waals surface area contributed by atoms with Gasteiger partial charge in [-0.05, 0) is 70.6 Å². The van der Waals surface area contributed by atoms with Crippen LogP contribution in [0.5, 0.6) is 0 Å². The number of carboxylic acids is 1. The van der Waals surface area contributed by atoms with Crippen LogP contribution in [0.4, 0.5) is 0 Å². The molecule has 4 atom stereocenters. The number of carbonyl (C=O) groups excluding carboxylic acids is 2. The van der Waals surface area contributed by atoms with Crippen molar-refractivity contribution in [2.24, 2.45) is 5.73 Å². The van der Waals surface area contributed by atoms with Crippen molar-refractivity contribution < 1.29 is 52.6 Å². The van der Waals surface area contributed by atoms with Crippen molar-refractivity contribution in [2.75, 3.05) is 19.8 Å². The Balaban J connectivity index is 4.57. The van der Waals surface area contributed by atoms with Gasteiger partial charge in [0, 0.05) is 12.8 Å². The highest BCUT2D eigenvalue weighted by atomic mass is 31.2. The van der Waals surface area contributed by atoms with Gasteiger partial charge in [0.2, 0.25) is 0 Å². The van der Waals surface area contributed by atoms with Gasteiger partial charge in [-0.25, -0.2) is 4.57 Å². The van der Waals surface area contributed by atoms with E-state index in [9.17, 15) is 28.9 Å². The number of allylic oxidation sites excluding steroid dienone is 12. The number of nitrogens with two attached hydrogens (primary N) is 1. The first-order valence-electron chi connectivity index (χ1n) is 20.7. The number of rotatable bonds is 37. The molecule has 0 heterocycles. The number of unbranched alkanes of at least 4 members (excludes halogenated alkanes) is 9. The summed E-state index contributed by atoms with van der Waals surface area (Å²) in [6.45, 7) is 2.46. The number of carboxylic acid groups (broad SMARTS) is 1. The van der Waals surface area contributed by atoms with E-state index in [0.29, 0.717) is 25.7 Å². The van der Waals surface area contributed by atoms with Crippen molar-refractivity contribution in [3.05, 3.63) is 85.1 Å². The number of phosphoric ester groups is 1. The van der Waals surface area contributed by atoms with Crippen molar-refractivity contribution in [1.82, 2.24) is 0 Å². The summed E-state index contributed by atoms with van der Waals surface area (Å²) in [5.41, 5.74) is 5.32. The van der Waals surface area contributed by atoms with Gasteiger partial charge in [-0.2, -0.15) is 0 Å². The number of aliphatic carboxylic acids is 1. The fourth-order valence-corrected chi connectivity index (χ4v) is 5.71. The molecule has 0 spiro atoms. The molecule has 0 aliphatic carbocycles. The maximum Gasteiger partial charge on any atom is 0.472 e. The number of aliphatic hydroxyl groups is 1. The van der Waals surface area contributed by atoms with Gasteiger partial charge in [-0.15, -0.1) is 0 Å². The van der Waals surface area contributed by atoms with Gasteiger partial charge in [-0.1, -0.05) is 137 Å². The monoisotopic (exact) mass is 821 g/mol. The second-order valence-corrected chi connectivity index (χ2v) is 15.0. The second-order valence-electron chi connectivity index (χ2n) is 13.6. The van der Waals surface area contributed by atoms with Crippen LogP contribution in [0.25, 0.3) is 0 Å². The zero-order valence-electron chi connectivity index (χ0n) is 34.5. The molecule has 0 aromatic rings. The third-order valence-corrected chi connectivity index (χ3v) is 9.17. The van der Waals surface area contributed by atoms with Crippen molar-refractivity contribution in [3.63, 3.8) is 0 Å². The van der Waals surface area contributed by atoms with E-state index in [-0.39, 0.29) is 12.8 Å². The maximum atomic E-state index is 12.6. The molecule has 57 heavy (non-hydrogen) atoms. The Hall–Kier alpha value is -3.38. The Bertz CT molecular complexity index is 1300. The van der Waals surface area contributed by atoms with E-state index in [2.05, 4.69) is 48.8 Å². The fourth-order valence-electron chi connectivity index (χ4n) is 4.93. The number of carbonyl (C=O) groups is 3. The molecule has 0 aliphatic rings. The van der Waals surface area contributed by atoms with Crippen LogP contribution in [0.2, 0.25) is 0 Å². The van der Waals surface area contributed by atoms with E-state index < -0.39 is 63.8 Å². The second kappa shape index (κ2) is 38.2. The third-order valence-electron chi connectivity index (χ3n) is 8.22. The summed E-state index contributed by atoms with van der Waals surface area (Å²) in [6.07, 6.45) is 42.8. The Labute approximate surface area is 342 Å². The Morgan fingerprint density at radius 1 is 0.649 bits per heavy atom. The molecule has 0 saturated carbocycles. The van der Waals surface area contributed by atoms with E-state index in [4.69, 9.17) is 24.8 Å². The predicted octanol–water partition coefficient (Wildman–Crippen LogP) is 9.69. The molecule has 2 unspecified atom stereocenters. The molecule has 0 bridgehead atoms. The van der Waals surface area contributed by atoms with E-state index in [0.717, 1.165) is 57.8 Å². The minimum Gasteiger partial charge on any atom is -0.480 e. The summed E-state index contributed by atoms with van der Waals surface area (Å²) in [4.78, 5) is 45.8. The van der Waals surface area contributed by atoms with Crippen molar-refractivity contribution in [1.29, 1.82) is 0 Å². The maximum absolute atomic E-state index is 12.6. The van der Waals surface area contributed by atoms with E-state index in [1.54, 1.807) is 6.08 Å². The van der Waals surface area contributed by atoms with Crippen LogP contribution in [0, 0.1) is 0 Å². The van der Waals surface area contributed by atoms with Crippen LogP contribution in [0.3, 0.4) is 0 Å². The molecule has 0 amide bonds. The Kier molecular flexibility index (Phi) is 35.9. The minimum absolute atomic E-state index is 0.0749. The molecule has 0 radical (unpaired) electrons. The van der Waals surface area contributed by atoms with Gasteiger partial charge in [0.1, 0.15) is 12.6 Å². The van der Waals surface area contributed by atoms with Crippen LogP contribution in [-0.4, -0.2) is 71.1 Å². The molecule has 13 heteroatoms. The molecular formula is C44H72NO11P. The number of esters is 2. The number of aliphatic hydroxyl groups excluding tert-OH is 1. The highest BCUT2D eigenvalue weighted by molar-refractivity contribution is 7.47. The largest absolute Gasteiger partial charge is 0.480 e. The lowest BCUT2D eigenvalue weighted by molar-refractivity contribution is -0.161. The number of hydrogen-bond donors (Lipinski definition) is 4. The van der Waals surface area contributed by atoms with E-state index in [1.165, 1.54) is 25.7 Å². The van der Waals surface area contributed by atoms with Crippen LogP contribution < -0.4 is 5.73 Å². The van der Waals surface area contributed by atoms with Crippen molar-refractivity contribution >= 4 is 25.7 Å².